The van der Waals surface area contributed by atoms with Gasteiger partial charge in [-0.3, -0.25) is 14.6 Å². The third-order valence-electron chi connectivity index (χ3n) is 4.79. The number of carbonyl (C=O) groups is 2. The molecule has 4 rings (SSSR count). The third kappa shape index (κ3) is 3.86. The molecule has 0 bridgehead atoms. The lowest BCUT2D eigenvalue weighted by Gasteiger charge is -2.35. The van der Waals surface area contributed by atoms with E-state index in [1.165, 1.54) is 0 Å². The average molecular weight is 367 g/mol. The molecule has 27 heavy (non-hydrogen) atoms. The fraction of sp³-hybridized carbons (Fsp3) is 0.350. The lowest BCUT2D eigenvalue weighted by molar-refractivity contribution is -0.131. The highest BCUT2D eigenvalue weighted by atomic mass is 16.6. The van der Waals surface area contributed by atoms with Crippen LogP contribution in [0.25, 0.3) is 0 Å². The second-order valence-electron chi connectivity index (χ2n) is 6.57. The molecule has 0 unspecified atom stereocenters. The molecule has 1 aromatic heterocycles. The predicted octanol–water partition coefficient (Wildman–Crippen LogP) is 1.38. The number of benzene rings is 1. The summed E-state index contributed by atoms with van der Waals surface area (Å²) < 4.78 is 11.1. The number of ether oxygens (including phenoxy) is 2. The summed E-state index contributed by atoms with van der Waals surface area (Å²) in [7, 11) is 0. The number of pyridine rings is 1. The first-order valence-electron chi connectivity index (χ1n) is 9.06. The van der Waals surface area contributed by atoms with E-state index in [9.17, 15) is 9.59 Å². The van der Waals surface area contributed by atoms with Crippen LogP contribution in [0, 0.1) is 0 Å². The molecule has 2 aliphatic heterocycles. The lowest BCUT2D eigenvalue weighted by Crippen LogP contribution is -2.51. The monoisotopic (exact) mass is 367 g/mol. The van der Waals surface area contributed by atoms with E-state index in [1.807, 2.05) is 23.1 Å². The first-order valence-corrected chi connectivity index (χ1v) is 9.06. The third-order valence-corrected chi connectivity index (χ3v) is 4.79. The van der Waals surface area contributed by atoms with Crippen molar-refractivity contribution in [1.82, 2.24) is 14.8 Å². The number of hydrogen-bond donors (Lipinski definition) is 0. The smallest absolute Gasteiger partial charge is 0.255 e. The Labute approximate surface area is 157 Å². The van der Waals surface area contributed by atoms with Crippen LogP contribution in [-0.2, 0) is 11.2 Å². The van der Waals surface area contributed by atoms with Gasteiger partial charge in [-0.2, -0.15) is 0 Å². The highest BCUT2D eigenvalue weighted by molar-refractivity contribution is 5.94. The topological polar surface area (TPSA) is 72.0 Å². The fourth-order valence-electron chi connectivity index (χ4n) is 3.31. The summed E-state index contributed by atoms with van der Waals surface area (Å²) in [5.41, 5.74) is 1.48. The van der Waals surface area contributed by atoms with E-state index < -0.39 is 0 Å². The van der Waals surface area contributed by atoms with Crippen LogP contribution in [0.1, 0.15) is 15.9 Å². The number of amides is 2. The molecule has 0 saturated carbocycles. The van der Waals surface area contributed by atoms with Crippen LogP contribution in [0.2, 0.25) is 0 Å². The molecule has 2 aliphatic rings. The second kappa shape index (κ2) is 7.65. The Morgan fingerprint density at radius 3 is 2.44 bits per heavy atom. The Bertz CT molecular complexity index is 832. The summed E-state index contributed by atoms with van der Waals surface area (Å²) in [6.07, 6.45) is 3.53. The molecule has 140 valence electrons. The molecule has 1 saturated heterocycles. The van der Waals surface area contributed by atoms with E-state index in [0.717, 1.165) is 11.3 Å². The molecule has 1 aromatic carbocycles. The molecule has 0 aliphatic carbocycles. The molecule has 0 spiro atoms. The molecular formula is C20H21N3O4. The summed E-state index contributed by atoms with van der Waals surface area (Å²) in [5.74, 6) is 1.43. The molecule has 0 N–H and O–H groups in total. The summed E-state index contributed by atoms with van der Waals surface area (Å²) in [6.45, 7) is 3.20. The zero-order valence-corrected chi connectivity index (χ0v) is 15.0. The van der Waals surface area contributed by atoms with E-state index in [4.69, 9.17) is 9.47 Å². The van der Waals surface area contributed by atoms with Gasteiger partial charge in [0.15, 0.2) is 11.5 Å². The Morgan fingerprint density at radius 1 is 0.963 bits per heavy atom. The summed E-state index contributed by atoms with van der Waals surface area (Å²) in [4.78, 5) is 32.7. The predicted molar refractivity (Wildman–Crippen MR) is 97.9 cm³/mol. The fourth-order valence-corrected chi connectivity index (χ4v) is 3.31. The number of rotatable bonds is 3. The van der Waals surface area contributed by atoms with Crippen LogP contribution in [0.4, 0.5) is 0 Å². The zero-order valence-electron chi connectivity index (χ0n) is 15.0. The van der Waals surface area contributed by atoms with Crippen LogP contribution in [-0.4, -0.2) is 66.0 Å². The minimum atomic E-state index is -0.0398. The van der Waals surface area contributed by atoms with Gasteiger partial charge in [-0.05, 0) is 29.8 Å². The highest BCUT2D eigenvalue weighted by Gasteiger charge is 2.25. The largest absolute Gasteiger partial charge is 0.486 e. The van der Waals surface area contributed by atoms with Crippen LogP contribution in [0.5, 0.6) is 11.5 Å². The van der Waals surface area contributed by atoms with Gasteiger partial charge in [0.05, 0.1) is 12.0 Å². The van der Waals surface area contributed by atoms with Crippen LogP contribution >= 0.6 is 0 Å². The van der Waals surface area contributed by atoms with Crippen molar-refractivity contribution in [2.75, 3.05) is 39.4 Å². The van der Waals surface area contributed by atoms with Crippen molar-refractivity contribution in [3.63, 3.8) is 0 Å². The standard InChI is InChI=1S/C20H21N3O4/c24-19(13-15-3-4-17-18(12-15)27-11-10-26-17)22-6-8-23(9-7-22)20(25)16-2-1-5-21-14-16/h1-5,12,14H,6-11,13H2. The molecule has 0 radical (unpaired) electrons. The van der Waals surface area contributed by atoms with Crippen molar-refractivity contribution in [1.29, 1.82) is 0 Å². The maximum Gasteiger partial charge on any atom is 0.255 e. The summed E-state index contributed by atoms with van der Waals surface area (Å²) in [6, 6.07) is 9.12. The van der Waals surface area contributed by atoms with Gasteiger partial charge in [0.1, 0.15) is 13.2 Å². The second-order valence-corrected chi connectivity index (χ2v) is 6.57. The van der Waals surface area contributed by atoms with Crippen LogP contribution < -0.4 is 9.47 Å². The molecule has 7 nitrogen and oxygen atoms in total. The van der Waals surface area contributed by atoms with Crippen molar-refractivity contribution in [3.05, 3.63) is 53.9 Å². The van der Waals surface area contributed by atoms with Crippen molar-refractivity contribution >= 4 is 11.8 Å². The molecule has 0 atom stereocenters. The Balaban J connectivity index is 1.33. The van der Waals surface area contributed by atoms with E-state index >= 15 is 0 Å². The van der Waals surface area contributed by atoms with Gasteiger partial charge in [0.2, 0.25) is 5.91 Å². The maximum atomic E-state index is 12.6. The molecule has 2 aromatic rings. The van der Waals surface area contributed by atoms with Crippen molar-refractivity contribution in [2.45, 2.75) is 6.42 Å². The minimum absolute atomic E-state index is 0.0398. The first-order chi connectivity index (χ1) is 13.2. The number of nitrogens with zero attached hydrogens (tertiary/aromatic N) is 3. The van der Waals surface area contributed by atoms with Crippen LogP contribution in [0.15, 0.2) is 42.7 Å². The number of fused-ring (bicyclic) bond motifs is 1. The summed E-state index contributed by atoms with van der Waals surface area (Å²) in [5, 5.41) is 0. The van der Waals surface area contributed by atoms with E-state index in [2.05, 4.69) is 4.98 Å². The average Bonchev–Trinajstić information content (AvgIpc) is 2.74. The number of aromatic nitrogens is 1. The van der Waals surface area contributed by atoms with Gasteiger partial charge in [-0.25, -0.2) is 0 Å². The van der Waals surface area contributed by atoms with Gasteiger partial charge in [0, 0.05) is 38.6 Å². The lowest BCUT2D eigenvalue weighted by atomic mass is 10.1. The quantitative estimate of drug-likeness (QED) is 0.820. The maximum absolute atomic E-state index is 12.6. The van der Waals surface area contributed by atoms with Gasteiger partial charge >= 0.3 is 0 Å². The molecular weight excluding hydrogens is 346 g/mol. The Hall–Kier alpha value is -3.09. The molecule has 2 amide bonds. The van der Waals surface area contributed by atoms with E-state index in [1.54, 1.807) is 29.4 Å². The SMILES string of the molecule is O=C(Cc1ccc2c(c1)OCCO2)N1CCN(C(=O)c2cccnc2)CC1. The van der Waals surface area contributed by atoms with Crippen molar-refractivity contribution < 1.29 is 19.1 Å². The number of piperazine rings is 1. The Morgan fingerprint density at radius 2 is 1.70 bits per heavy atom. The molecule has 3 heterocycles. The molecule has 7 heteroatoms. The highest BCUT2D eigenvalue weighted by Crippen LogP contribution is 2.31. The van der Waals surface area contributed by atoms with Gasteiger partial charge in [-0.15, -0.1) is 0 Å². The zero-order chi connectivity index (χ0) is 18.6. The van der Waals surface area contributed by atoms with Crippen LogP contribution in [0.3, 0.4) is 0 Å². The first kappa shape index (κ1) is 17.3. The van der Waals surface area contributed by atoms with E-state index in [-0.39, 0.29) is 11.8 Å². The van der Waals surface area contributed by atoms with Gasteiger partial charge in [-0.1, -0.05) is 6.07 Å². The van der Waals surface area contributed by atoms with Crippen molar-refractivity contribution in [3.8, 4) is 11.5 Å². The number of hydrogen-bond acceptors (Lipinski definition) is 5. The van der Waals surface area contributed by atoms with Crippen molar-refractivity contribution in [2.24, 2.45) is 0 Å². The normalized spacial score (nSPS) is 16.1. The van der Waals surface area contributed by atoms with Gasteiger partial charge < -0.3 is 19.3 Å². The number of carbonyl (C=O) groups excluding carboxylic acids is 2. The van der Waals surface area contributed by atoms with Gasteiger partial charge in [0.25, 0.3) is 5.91 Å². The minimum Gasteiger partial charge on any atom is -0.486 e. The molecule has 1 fully saturated rings. The van der Waals surface area contributed by atoms with E-state index in [0.29, 0.717) is 57.1 Å². The summed E-state index contributed by atoms with van der Waals surface area (Å²) >= 11 is 0. The Kier molecular flexibility index (Phi) is 4.91.